The topological polar surface area (TPSA) is 92.4 Å². The van der Waals surface area contributed by atoms with Gasteiger partial charge >= 0.3 is 0 Å². The third kappa shape index (κ3) is 4.55. The van der Waals surface area contributed by atoms with E-state index in [1.165, 1.54) is 0 Å². The molecule has 1 unspecified atom stereocenters. The van der Waals surface area contributed by atoms with Crippen LogP contribution in [0.15, 0.2) is 24.3 Å². The Morgan fingerprint density at radius 1 is 1.35 bits per heavy atom. The van der Waals surface area contributed by atoms with Gasteiger partial charge < -0.3 is 16.2 Å². The summed E-state index contributed by atoms with van der Waals surface area (Å²) in [6.07, 6.45) is 0.547. The number of benzene rings is 1. The first-order valence-electron chi connectivity index (χ1n) is 5.33. The van der Waals surface area contributed by atoms with E-state index < -0.39 is 5.91 Å². The zero-order chi connectivity index (χ0) is 12.8. The van der Waals surface area contributed by atoms with Crippen LogP contribution in [0.5, 0.6) is 5.75 Å². The fourth-order valence-corrected chi connectivity index (χ4v) is 1.43. The first-order valence-corrected chi connectivity index (χ1v) is 5.33. The summed E-state index contributed by atoms with van der Waals surface area (Å²) < 4.78 is 0. The number of primary amides is 1. The highest BCUT2D eigenvalue weighted by Gasteiger charge is 2.13. The monoisotopic (exact) mass is 236 g/mol. The Kier molecular flexibility index (Phi) is 4.51. The van der Waals surface area contributed by atoms with Crippen LogP contribution in [-0.2, 0) is 16.0 Å². The average molecular weight is 236 g/mol. The summed E-state index contributed by atoms with van der Waals surface area (Å²) in [7, 11) is 0. The quantitative estimate of drug-likeness (QED) is 0.680. The van der Waals surface area contributed by atoms with E-state index >= 15 is 0 Å². The number of nitrogens with two attached hydrogens (primary N) is 1. The third-order valence-corrected chi connectivity index (χ3v) is 2.36. The summed E-state index contributed by atoms with van der Waals surface area (Å²) in [5, 5.41) is 11.6. The summed E-state index contributed by atoms with van der Waals surface area (Å²) >= 11 is 0. The van der Waals surface area contributed by atoms with Crippen molar-refractivity contribution in [3.05, 3.63) is 29.8 Å². The van der Waals surface area contributed by atoms with Crippen molar-refractivity contribution < 1.29 is 14.7 Å². The number of phenolic OH excluding ortho intramolecular Hbond substituents is 1. The number of carbonyl (C=O) groups is 2. The zero-order valence-electron chi connectivity index (χ0n) is 9.64. The third-order valence-electron chi connectivity index (χ3n) is 2.36. The Morgan fingerprint density at radius 3 is 2.47 bits per heavy atom. The normalized spacial score (nSPS) is 11.8. The smallest absolute Gasteiger partial charge is 0.236 e. The number of hydrogen-bond acceptors (Lipinski definition) is 3. The minimum absolute atomic E-state index is 0.140. The van der Waals surface area contributed by atoms with Crippen molar-refractivity contribution in [1.29, 1.82) is 0 Å². The molecule has 0 aliphatic carbocycles. The highest BCUT2D eigenvalue weighted by Crippen LogP contribution is 2.13. The highest BCUT2D eigenvalue weighted by molar-refractivity contribution is 5.84. The number of amides is 2. The van der Waals surface area contributed by atoms with E-state index in [0.717, 1.165) is 5.56 Å². The minimum Gasteiger partial charge on any atom is -0.508 e. The summed E-state index contributed by atoms with van der Waals surface area (Å²) in [6.45, 7) is 1.63. The van der Waals surface area contributed by atoms with Crippen molar-refractivity contribution in [2.75, 3.05) is 6.54 Å². The molecule has 0 saturated carbocycles. The van der Waals surface area contributed by atoms with Gasteiger partial charge in [-0.25, -0.2) is 0 Å². The van der Waals surface area contributed by atoms with Gasteiger partial charge in [0, 0.05) is 5.92 Å². The molecule has 92 valence electrons. The summed E-state index contributed by atoms with van der Waals surface area (Å²) in [5.41, 5.74) is 5.88. The van der Waals surface area contributed by atoms with Crippen LogP contribution >= 0.6 is 0 Å². The van der Waals surface area contributed by atoms with Gasteiger partial charge in [0.15, 0.2) is 0 Å². The van der Waals surface area contributed by atoms with Crippen LogP contribution in [0.25, 0.3) is 0 Å². The van der Waals surface area contributed by atoms with Gasteiger partial charge in [0.25, 0.3) is 0 Å². The molecular weight excluding hydrogens is 220 g/mol. The van der Waals surface area contributed by atoms with E-state index in [2.05, 4.69) is 5.32 Å². The summed E-state index contributed by atoms with van der Waals surface area (Å²) in [4.78, 5) is 22.1. The second-order valence-electron chi connectivity index (χ2n) is 3.96. The van der Waals surface area contributed by atoms with E-state index in [1.54, 1.807) is 31.2 Å². The molecule has 0 radical (unpaired) electrons. The van der Waals surface area contributed by atoms with E-state index in [9.17, 15) is 9.59 Å². The number of nitrogens with one attached hydrogen (secondary N) is 1. The van der Waals surface area contributed by atoms with Crippen molar-refractivity contribution in [2.45, 2.75) is 13.3 Å². The van der Waals surface area contributed by atoms with E-state index in [1.807, 2.05) is 0 Å². The predicted octanol–water partition coefficient (Wildman–Crippen LogP) is 0.172. The largest absolute Gasteiger partial charge is 0.508 e. The van der Waals surface area contributed by atoms with E-state index in [0.29, 0.717) is 6.42 Å². The molecule has 0 saturated heterocycles. The van der Waals surface area contributed by atoms with Gasteiger partial charge in [-0.05, 0) is 24.1 Å². The lowest BCUT2D eigenvalue weighted by atomic mass is 10.0. The molecule has 1 aromatic carbocycles. The Bertz CT molecular complexity index is 401. The van der Waals surface area contributed by atoms with Crippen LogP contribution in [0.1, 0.15) is 12.5 Å². The standard InChI is InChI=1S/C12H16N2O3/c1-8(12(17)14-7-11(13)16)6-9-2-4-10(15)5-3-9/h2-5,8,15H,6-7H2,1H3,(H2,13,16)(H,14,17). The predicted molar refractivity (Wildman–Crippen MR) is 63.2 cm³/mol. The van der Waals surface area contributed by atoms with Crippen molar-refractivity contribution >= 4 is 11.8 Å². The van der Waals surface area contributed by atoms with Gasteiger partial charge in [-0.2, -0.15) is 0 Å². The average Bonchev–Trinajstić information content (AvgIpc) is 2.28. The summed E-state index contributed by atoms with van der Waals surface area (Å²) in [5.74, 6) is -0.828. The molecular formula is C12H16N2O3. The van der Waals surface area contributed by atoms with Crippen molar-refractivity contribution in [1.82, 2.24) is 5.32 Å². The van der Waals surface area contributed by atoms with Crippen LogP contribution in [0.2, 0.25) is 0 Å². The number of phenols is 1. The van der Waals surface area contributed by atoms with Gasteiger partial charge in [0.1, 0.15) is 5.75 Å². The van der Waals surface area contributed by atoms with Crippen LogP contribution in [0.3, 0.4) is 0 Å². The lowest BCUT2D eigenvalue weighted by Crippen LogP contribution is -2.36. The number of hydrogen-bond donors (Lipinski definition) is 3. The summed E-state index contributed by atoms with van der Waals surface area (Å²) in [6, 6.07) is 6.66. The molecule has 0 heterocycles. The molecule has 5 nitrogen and oxygen atoms in total. The second kappa shape index (κ2) is 5.89. The molecule has 0 aromatic heterocycles. The lowest BCUT2D eigenvalue weighted by molar-refractivity contribution is -0.127. The minimum atomic E-state index is -0.560. The fraction of sp³-hybridized carbons (Fsp3) is 0.333. The van der Waals surface area contributed by atoms with Gasteiger partial charge in [-0.15, -0.1) is 0 Å². The first kappa shape index (κ1) is 13.0. The first-order chi connectivity index (χ1) is 7.99. The van der Waals surface area contributed by atoms with E-state index in [-0.39, 0.29) is 24.1 Å². The molecule has 4 N–H and O–H groups in total. The van der Waals surface area contributed by atoms with Crippen molar-refractivity contribution in [3.63, 3.8) is 0 Å². The Morgan fingerprint density at radius 2 is 1.94 bits per heavy atom. The van der Waals surface area contributed by atoms with Crippen molar-refractivity contribution in [2.24, 2.45) is 11.7 Å². The van der Waals surface area contributed by atoms with Gasteiger partial charge in [-0.3, -0.25) is 9.59 Å². The van der Waals surface area contributed by atoms with Crippen LogP contribution < -0.4 is 11.1 Å². The molecule has 0 fully saturated rings. The molecule has 5 heteroatoms. The molecule has 1 rings (SSSR count). The highest BCUT2D eigenvalue weighted by atomic mass is 16.3. The number of rotatable bonds is 5. The van der Waals surface area contributed by atoms with Crippen LogP contribution in [0.4, 0.5) is 0 Å². The van der Waals surface area contributed by atoms with E-state index in [4.69, 9.17) is 10.8 Å². The maximum absolute atomic E-state index is 11.6. The molecule has 2 amide bonds. The van der Waals surface area contributed by atoms with Gasteiger partial charge in [0.05, 0.1) is 6.54 Å². The molecule has 0 bridgehead atoms. The maximum Gasteiger partial charge on any atom is 0.236 e. The van der Waals surface area contributed by atoms with Crippen LogP contribution in [-0.4, -0.2) is 23.5 Å². The molecule has 0 spiro atoms. The van der Waals surface area contributed by atoms with Crippen LogP contribution in [0, 0.1) is 5.92 Å². The number of carbonyl (C=O) groups excluding carboxylic acids is 2. The molecule has 1 atom stereocenters. The lowest BCUT2D eigenvalue weighted by Gasteiger charge is -2.11. The Hall–Kier alpha value is -2.04. The molecule has 0 aliphatic heterocycles. The second-order valence-corrected chi connectivity index (χ2v) is 3.96. The molecule has 17 heavy (non-hydrogen) atoms. The maximum atomic E-state index is 11.6. The zero-order valence-corrected chi connectivity index (χ0v) is 9.64. The van der Waals surface area contributed by atoms with Gasteiger partial charge in [-0.1, -0.05) is 19.1 Å². The Labute approximate surface area is 99.6 Å². The Balaban J connectivity index is 2.48. The fourth-order valence-electron chi connectivity index (χ4n) is 1.43. The number of aromatic hydroxyl groups is 1. The van der Waals surface area contributed by atoms with Crippen molar-refractivity contribution in [3.8, 4) is 5.75 Å². The molecule has 0 aliphatic rings. The van der Waals surface area contributed by atoms with Gasteiger partial charge in [0.2, 0.25) is 11.8 Å². The molecule has 1 aromatic rings. The SMILES string of the molecule is CC(Cc1ccc(O)cc1)C(=O)NCC(N)=O.